The normalized spacial score (nSPS) is 12.0. The predicted octanol–water partition coefficient (Wildman–Crippen LogP) is 19.4. The fourth-order valence-corrected chi connectivity index (χ4v) is 9.10. The van der Waals surface area contributed by atoms with Gasteiger partial charge in [0.05, 0.1) is 0 Å². The van der Waals surface area contributed by atoms with E-state index in [0.717, 1.165) is 63.7 Å². The first-order valence-corrected chi connectivity index (χ1v) is 29.4. The van der Waals surface area contributed by atoms with E-state index in [2.05, 4.69) is 27.7 Å². The quantitative estimate of drug-likeness (QED) is 0.0344. The summed E-state index contributed by atoms with van der Waals surface area (Å²) in [5, 5.41) is 0. The van der Waals surface area contributed by atoms with Crippen LogP contribution in [0.15, 0.2) is 0 Å². The second-order valence-corrected chi connectivity index (χ2v) is 20.8. The van der Waals surface area contributed by atoms with Crippen LogP contribution in [-0.2, 0) is 28.6 Å². The van der Waals surface area contributed by atoms with Crippen molar-refractivity contribution in [2.45, 2.75) is 342 Å². The zero-order valence-corrected chi connectivity index (χ0v) is 44.5. The molecule has 1 atom stereocenters. The van der Waals surface area contributed by atoms with Crippen LogP contribution in [0.3, 0.4) is 0 Å². The van der Waals surface area contributed by atoms with E-state index < -0.39 is 6.10 Å². The monoisotopic (exact) mass is 919 g/mol. The molecule has 0 saturated heterocycles. The van der Waals surface area contributed by atoms with Crippen LogP contribution in [0.5, 0.6) is 0 Å². The Hall–Kier alpha value is -1.59. The SMILES string of the molecule is CCCCCCCCCCCCCCCCCC(=O)OC[C@@H](COC(=O)CCCCCCCCCCCCCCCCCCC(C)C)OC(=O)CCCCCCCCCCCCCCC. The second kappa shape index (κ2) is 53.4. The lowest BCUT2D eigenvalue weighted by molar-refractivity contribution is -0.167. The van der Waals surface area contributed by atoms with Gasteiger partial charge in [-0.2, -0.15) is 0 Å². The molecule has 386 valence electrons. The number of carbonyl (C=O) groups excluding carboxylic acids is 3. The van der Waals surface area contributed by atoms with Crippen molar-refractivity contribution in [1.82, 2.24) is 0 Å². The summed E-state index contributed by atoms with van der Waals surface area (Å²) >= 11 is 0. The minimum Gasteiger partial charge on any atom is -0.462 e. The Kier molecular flexibility index (Phi) is 52.1. The van der Waals surface area contributed by atoms with Crippen LogP contribution < -0.4 is 0 Å². The standard InChI is InChI=1S/C59H114O6/c1-5-7-9-11-13-15-17-19-22-27-30-34-38-42-46-50-57(60)63-53-56(65-59(62)52-48-44-40-36-32-25-18-16-14-12-10-8-6-2)54-64-58(61)51-47-43-39-35-31-28-24-21-20-23-26-29-33-37-41-45-49-55(3)4/h55-56H,5-54H2,1-4H3/t56-/m0/s1. The highest BCUT2D eigenvalue weighted by Gasteiger charge is 2.19. The molecule has 0 aliphatic carbocycles. The fourth-order valence-electron chi connectivity index (χ4n) is 9.10. The maximum absolute atomic E-state index is 12.8. The summed E-state index contributed by atoms with van der Waals surface area (Å²) < 4.78 is 16.9. The lowest BCUT2D eigenvalue weighted by Crippen LogP contribution is -2.30. The van der Waals surface area contributed by atoms with Gasteiger partial charge in [0.2, 0.25) is 0 Å². The van der Waals surface area contributed by atoms with Crippen molar-refractivity contribution in [1.29, 1.82) is 0 Å². The van der Waals surface area contributed by atoms with Crippen molar-refractivity contribution < 1.29 is 28.6 Å². The molecule has 0 aromatic rings. The van der Waals surface area contributed by atoms with Crippen LogP contribution in [0.2, 0.25) is 0 Å². The summed E-state index contributed by atoms with van der Waals surface area (Å²) in [5.74, 6) is 0.0193. The van der Waals surface area contributed by atoms with E-state index in [1.807, 2.05) is 0 Å². The molecule has 0 rings (SSSR count). The number of rotatable bonds is 54. The molecule has 0 N–H and O–H groups in total. The van der Waals surface area contributed by atoms with Crippen molar-refractivity contribution >= 4 is 17.9 Å². The Morgan fingerprint density at radius 2 is 0.508 bits per heavy atom. The van der Waals surface area contributed by atoms with Gasteiger partial charge in [-0.1, -0.05) is 297 Å². The second-order valence-electron chi connectivity index (χ2n) is 20.8. The third-order valence-corrected chi connectivity index (χ3v) is 13.5. The Labute approximate surface area is 406 Å². The Morgan fingerprint density at radius 3 is 0.754 bits per heavy atom. The summed E-state index contributed by atoms with van der Waals surface area (Å²) in [6.45, 7) is 9.07. The maximum atomic E-state index is 12.8. The average Bonchev–Trinajstić information content (AvgIpc) is 3.29. The number of esters is 3. The average molecular weight is 920 g/mol. The fraction of sp³-hybridized carbons (Fsp3) is 0.949. The van der Waals surface area contributed by atoms with Crippen LogP contribution in [0.1, 0.15) is 336 Å². The first-order chi connectivity index (χ1) is 31.9. The number of hydrogen-bond acceptors (Lipinski definition) is 6. The Balaban J connectivity index is 4.26. The zero-order valence-electron chi connectivity index (χ0n) is 44.5. The van der Waals surface area contributed by atoms with Crippen molar-refractivity contribution in [3.8, 4) is 0 Å². The van der Waals surface area contributed by atoms with E-state index >= 15 is 0 Å². The van der Waals surface area contributed by atoms with Gasteiger partial charge in [-0.3, -0.25) is 14.4 Å². The number of hydrogen-bond donors (Lipinski definition) is 0. The lowest BCUT2D eigenvalue weighted by atomic mass is 10.0. The van der Waals surface area contributed by atoms with Crippen LogP contribution in [0.4, 0.5) is 0 Å². The zero-order chi connectivity index (χ0) is 47.4. The van der Waals surface area contributed by atoms with Crippen LogP contribution in [0, 0.1) is 5.92 Å². The van der Waals surface area contributed by atoms with Gasteiger partial charge in [0.15, 0.2) is 6.10 Å². The molecular weight excluding hydrogens is 805 g/mol. The van der Waals surface area contributed by atoms with Gasteiger partial charge >= 0.3 is 17.9 Å². The van der Waals surface area contributed by atoms with E-state index in [9.17, 15) is 14.4 Å². The third kappa shape index (κ3) is 53.2. The van der Waals surface area contributed by atoms with Crippen LogP contribution in [-0.4, -0.2) is 37.2 Å². The number of carbonyl (C=O) groups is 3. The van der Waals surface area contributed by atoms with Gasteiger partial charge in [-0.05, 0) is 25.2 Å². The van der Waals surface area contributed by atoms with Crippen molar-refractivity contribution in [3.05, 3.63) is 0 Å². The smallest absolute Gasteiger partial charge is 0.306 e. The molecule has 0 aliphatic rings. The molecule has 65 heavy (non-hydrogen) atoms. The van der Waals surface area contributed by atoms with Gasteiger partial charge in [0, 0.05) is 19.3 Å². The van der Waals surface area contributed by atoms with Gasteiger partial charge in [-0.25, -0.2) is 0 Å². The van der Waals surface area contributed by atoms with Crippen molar-refractivity contribution in [2.24, 2.45) is 5.92 Å². The summed E-state index contributed by atoms with van der Waals surface area (Å²) in [5.41, 5.74) is 0. The summed E-state index contributed by atoms with van der Waals surface area (Å²) in [6, 6.07) is 0. The molecule has 0 heterocycles. The predicted molar refractivity (Wildman–Crippen MR) is 280 cm³/mol. The van der Waals surface area contributed by atoms with E-state index in [-0.39, 0.29) is 31.1 Å². The van der Waals surface area contributed by atoms with Gasteiger partial charge in [0.1, 0.15) is 13.2 Å². The van der Waals surface area contributed by atoms with Crippen molar-refractivity contribution in [3.63, 3.8) is 0 Å². The highest BCUT2D eigenvalue weighted by Crippen LogP contribution is 2.18. The Bertz CT molecular complexity index is 980. The molecule has 0 bridgehead atoms. The Morgan fingerprint density at radius 1 is 0.292 bits per heavy atom. The topological polar surface area (TPSA) is 78.9 Å². The highest BCUT2D eigenvalue weighted by atomic mass is 16.6. The van der Waals surface area contributed by atoms with Gasteiger partial charge in [0.25, 0.3) is 0 Å². The molecule has 0 amide bonds. The number of unbranched alkanes of at least 4 members (excludes halogenated alkanes) is 41. The molecule has 6 heteroatoms. The minimum atomic E-state index is -0.761. The lowest BCUT2D eigenvalue weighted by Gasteiger charge is -2.18. The molecule has 0 fully saturated rings. The molecule has 0 aromatic carbocycles. The van der Waals surface area contributed by atoms with Crippen LogP contribution in [0.25, 0.3) is 0 Å². The van der Waals surface area contributed by atoms with E-state index in [1.54, 1.807) is 0 Å². The van der Waals surface area contributed by atoms with Gasteiger partial charge < -0.3 is 14.2 Å². The molecule has 0 aliphatic heterocycles. The molecular formula is C59H114O6. The molecule has 0 saturated carbocycles. The summed E-state index contributed by atoms with van der Waals surface area (Å²) in [4.78, 5) is 38.1. The molecule has 6 nitrogen and oxygen atoms in total. The van der Waals surface area contributed by atoms with Crippen LogP contribution >= 0.6 is 0 Å². The van der Waals surface area contributed by atoms with E-state index in [0.29, 0.717) is 19.3 Å². The summed E-state index contributed by atoms with van der Waals surface area (Å²) in [7, 11) is 0. The minimum absolute atomic E-state index is 0.0616. The first kappa shape index (κ1) is 63.4. The highest BCUT2D eigenvalue weighted by molar-refractivity contribution is 5.71. The largest absolute Gasteiger partial charge is 0.462 e. The van der Waals surface area contributed by atoms with Crippen molar-refractivity contribution in [2.75, 3.05) is 13.2 Å². The number of ether oxygens (including phenoxy) is 3. The molecule has 0 unspecified atom stereocenters. The summed E-state index contributed by atoms with van der Waals surface area (Å²) in [6.07, 6.45) is 58.0. The van der Waals surface area contributed by atoms with E-state index in [4.69, 9.17) is 14.2 Å². The molecule has 0 aromatic heterocycles. The third-order valence-electron chi connectivity index (χ3n) is 13.5. The molecule has 0 radical (unpaired) electrons. The maximum Gasteiger partial charge on any atom is 0.306 e. The molecule has 0 spiro atoms. The first-order valence-electron chi connectivity index (χ1n) is 29.4. The van der Waals surface area contributed by atoms with Gasteiger partial charge in [-0.15, -0.1) is 0 Å². The van der Waals surface area contributed by atoms with E-state index in [1.165, 1.54) is 231 Å².